The SMILES string of the molecule is CCN(CC)C(=O)C(C)NC1(C)CCCC1. The molecule has 16 heavy (non-hydrogen) atoms. The van der Waals surface area contributed by atoms with E-state index in [-0.39, 0.29) is 17.5 Å². The minimum Gasteiger partial charge on any atom is -0.342 e. The maximum Gasteiger partial charge on any atom is 0.239 e. The second-order valence-corrected chi connectivity index (χ2v) is 5.14. The number of rotatable bonds is 5. The fourth-order valence-corrected chi connectivity index (χ4v) is 2.69. The number of likely N-dealkylation sites (N-methyl/N-ethyl adjacent to an activating group) is 1. The Labute approximate surface area is 99.6 Å². The lowest BCUT2D eigenvalue weighted by Gasteiger charge is -2.31. The van der Waals surface area contributed by atoms with Gasteiger partial charge in [-0.05, 0) is 40.5 Å². The molecule has 0 aliphatic heterocycles. The monoisotopic (exact) mass is 226 g/mol. The Hall–Kier alpha value is -0.570. The molecule has 1 fully saturated rings. The summed E-state index contributed by atoms with van der Waals surface area (Å²) in [7, 11) is 0. The van der Waals surface area contributed by atoms with Gasteiger partial charge in [-0.25, -0.2) is 0 Å². The lowest BCUT2D eigenvalue weighted by atomic mass is 9.99. The van der Waals surface area contributed by atoms with E-state index < -0.39 is 0 Å². The topological polar surface area (TPSA) is 32.3 Å². The summed E-state index contributed by atoms with van der Waals surface area (Å²) in [5, 5.41) is 3.51. The number of carbonyl (C=O) groups is 1. The van der Waals surface area contributed by atoms with Crippen molar-refractivity contribution in [1.29, 1.82) is 0 Å². The quantitative estimate of drug-likeness (QED) is 0.779. The summed E-state index contributed by atoms with van der Waals surface area (Å²) in [6.45, 7) is 9.91. The zero-order valence-electron chi connectivity index (χ0n) is 11.2. The molecule has 0 spiro atoms. The Morgan fingerprint density at radius 2 is 1.81 bits per heavy atom. The largest absolute Gasteiger partial charge is 0.342 e. The van der Waals surface area contributed by atoms with Crippen molar-refractivity contribution in [2.24, 2.45) is 0 Å². The van der Waals surface area contributed by atoms with E-state index in [0.717, 1.165) is 13.1 Å². The molecule has 1 rings (SSSR count). The van der Waals surface area contributed by atoms with Gasteiger partial charge in [0.25, 0.3) is 0 Å². The van der Waals surface area contributed by atoms with Crippen LogP contribution >= 0.6 is 0 Å². The molecule has 0 saturated heterocycles. The van der Waals surface area contributed by atoms with E-state index >= 15 is 0 Å². The summed E-state index contributed by atoms with van der Waals surface area (Å²) in [5.41, 5.74) is 0.183. The summed E-state index contributed by atoms with van der Waals surface area (Å²) in [5.74, 6) is 0.234. The Morgan fingerprint density at radius 3 is 2.25 bits per heavy atom. The van der Waals surface area contributed by atoms with E-state index in [1.54, 1.807) is 0 Å². The summed E-state index contributed by atoms with van der Waals surface area (Å²) in [6, 6.07) is -0.0528. The van der Waals surface area contributed by atoms with Crippen molar-refractivity contribution in [1.82, 2.24) is 10.2 Å². The number of amides is 1. The molecular formula is C13H26N2O. The molecule has 1 saturated carbocycles. The van der Waals surface area contributed by atoms with Crippen LogP contribution in [0.4, 0.5) is 0 Å². The molecule has 0 aromatic heterocycles. The van der Waals surface area contributed by atoms with Gasteiger partial charge in [-0.15, -0.1) is 0 Å². The van der Waals surface area contributed by atoms with Crippen LogP contribution in [0.1, 0.15) is 53.4 Å². The second-order valence-electron chi connectivity index (χ2n) is 5.14. The van der Waals surface area contributed by atoms with Crippen LogP contribution in [0.5, 0.6) is 0 Å². The maximum atomic E-state index is 12.1. The molecular weight excluding hydrogens is 200 g/mol. The average Bonchev–Trinajstić information content (AvgIpc) is 2.66. The fourth-order valence-electron chi connectivity index (χ4n) is 2.69. The fraction of sp³-hybridized carbons (Fsp3) is 0.923. The zero-order chi connectivity index (χ0) is 12.2. The van der Waals surface area contributed by atoms with E-state index in [0.29, 0.717) is 0 Å². The molecule has 0 bridgehead atoms. The normalized spacial score (nSPS) is 20.8. The lowest BCUT2D eigenvalue weighted by molar-refractivity contribution is -0.133. The predicted molar refractivity (Wildman–Crippen MR) is 67.4 cm³/mol. The molecule has 1 aliphatic carbocycles. The second kappa shape index (κ2) is 5.67. The average molecular weight is 226 g/mol. The first-order valence-corrected chi connectivity index (χ1v) is 6.59. The van der Waals surface area contributed by atoms with Crippen molar-refractivity contribution in [2.75, 3.05) is 13.1 Å². The van der Waals surface area contributed by atoms with Crippen LogP contribution in [-0.4, -0.2) is 35.5 Å². The van der Waals surface area contributed by atoms with E-state index in [4.69, 9.17) is 0 Å². The standard InChI is InChI=1S/C13H26N2O/c1-5-15(6-2)12(16)11(3)14-13(4)9-7-8-10-13/h11,14H,5-10H2,1-4H3. The molecule has 0 heterocycles. The van der Waals surface area contributed by atoms with E-state index in [1.165, 1.54) is 25.7 Å². The number of carbonyl (C=O) groups excluding carboxylic acids is 1. The highest BCUT2D eigenvalue weighted by Gasteiger charge is 2.32. The molecule has 0 aromatic carbocycles. The number of nitrogens with zero attached hydrogens (tertiary/aromatic N) is 1. The van der Waals surface area contributed by atoms with Crippen LogP contribution in [0, 0.1) is 0 Å². The predicted octanol–water partition coefficient (Wildman–Crippen LogP) is 2.17. The molecule has 1 atom stereocenters. The van der Waals surface area contributed by atoms with Crippen LogP contribution in [0.25, 0.3) is 0 Å². The third kappa shape index (κ3) is 3.21. The minimum absolute atomic E-state index is 0.0528. The highest BCUT2D eigenvalue weighted by atomic mass is 16.2. The highest BCUT2D eigenvalue weighted by molar-refractivity contribution is 5.81. The highest BCUT2D eigenvalue weighted by Crippen LogP contribution is 2.29. The maximum absolute atomic E-state index is 12.1. The molecule has 1 amide bonds. The molecule has 3 heteroatoms. The van der Waals surface area contributed by atoms with Gasteiger partial charge in [0, 0.05) is 18.6 Å². The van der Waals surface area contributed by atoms with Crippen molar-refractivity contribution in [3.05, 3.63) is 0 Å². The van der Waals surface area contributed by atoms with Gasteiger partial charge in [0.1, 0.15) is 0 Å². The van der Waals surface area contributed by atoms with Crippen molar-refractivity contribution in [2.45, 2.75) is 65.0 Å². The zero-order valence-corrected chi connectivity index (χ0v) is 11.2. The van der Waals surface area contributed by atoms with E-state index in [9.17, 15) is 4.79 Å². The lowest BCUT2D eigenvalue weighted by Crippen LogP contribution is -2.52. The number of nitrogens with one attached hydrogen (secondary N) is 1. The Balaban J connectivity index is 2.50. The Kier molecular flexibility index (Phi) is 4.78. The molecule has 1 N–H and O–H groups in total. The van der Waals surface area contributed by atoms with Gasteiger partial charge in [0.15, 0.2) is 0 Å². The van der Waals surface area contributed by atoms with Crippen molar-refractivity contribution in [3.8, 4) is 0 Å². The summed E-state index contributed by atoms with van der Waals surface area (Å²) >= 11 is 0. The Morgan fingerprint density at radius 1 is 1.31 bits per heavy atom. The minimum atomic E-state index is -0.0528. The first kappa shape index (κ1) is 13.5. The molecule has 1 unspecified atom stereocenters. The summed E-state index contributed by atoms with van der Waals surface area (Å²) in [6.07, 6.45) is 4.97. The van der Waals surface area contributed by atoms with Gasteiger partial charge in [-0.2, -0.15) is 0 Å². The third-order valence-corrected chi connectivity index (χ3v) is 3.72. The first-order valence-electron chi connectivity index (χ1n) is 6.59. The summed E-state index contributed by atoms with van der Waals surface area (Å²) in [4.78, 5) is 14.0. The van der Waals surface area contributed by atoms with Crippen LogP contribution < -0.4 is 5.32 Å². The molecule has 3 nitrogen and oxygen atoms in total. The van der Waals surface area contributed by atoms with Crippen molar-refractivity contribution >= 4 is 5.91 Å². The molecule has 0 radical (unpaired) electrons. The smallest absolute Gasteiger partial charge is 0.239 e. The van der Waals surface area contributed by atoms with Crippen LogP contribution in [0.15, 0.2) is 0 Å². The van der Waals surface area contributed by atoms with Gasteiger partial charge < -0.3 is 10.2 Å². The van der Waals surface area contributed by atoms with Gasteiger partial charge in [0.05, 0.1) is 6.04 Å². The van der Waals surface area contributed by atoms with E-state index in [1.807, 2.05) is 25.7 Å². The van der Waals surface area contributed by atoms with Gasteiger partial charge in [-0.3, -0.25) is 4.79 Å². The van der Waals surface area contributed by atoms with Gasteiger partial charge >= 0.3 is 0 Å². The Bertz CT molecular complexity index is 230. The summed E-state index contributed by atoms with van der Waals surface area (Å²) < 4.78 is 0. The number of hydrogen-bond donors (Lipinski definition) is 1. The van der Waals surface area contributed by atoms with Gasteiger partial charge in [0.2, 0.25) is 5.91 Å². The molecule has 94 valence electrons. The van der Waals surface area contributed by atoms with Crippen molar-refractivity contribution in [3.63, 3.8) is 0 Å². The third-order valence-electron chi connectivity index (χ3n) is 3.72. The molecule has 1 aliphatic rings. The number of hydrogen-bond acceptors (Lipinski definition) is 2. The van der Waals surface area contributed by atoms with Crippen LogP contribution in [-0.2, 0) is 4.79 Å². The van der Waals surface area contributed by atoms with Crippen LogP contribution in [0.3, 0.4) is 0 Å². The van der Waals surface area contributed by atoms with Crippen LogP contribution in [0.2, 0.25) is 0 Å². The van der Waals surface area contributed by atoms with E-state index in [2.05, 4.69) is 12.2 Å². The first-order chi connectivity index (χ1) is 7.52. The van der Waals surface area contributed by atoms with Gasteiger partial charge in [-0.1, -0.05) is 12.8 Å². The molecule has 0 aromatic rings. The van der Waals surface area contributed by atoms with Crippen molar-refractivity contribution < 1.29 is 4.79 Å².